The molecule has 23 heavy (non-hydrogen) atoms. The summed E-state index contributed by atoms with van der Waals surface area (Å²) in [7, 11) is -3.62. The molecule has 0 fully saturated rings. The van der Waals surface area contributed by atoms with E-state index in [0.717, 1.165) is 5.76 Å². The molecule has 1 aromatic carbocycles. The van der Waals surface area contributed by atoms with Gasteiger partial charge in [0, 0.05) is 5.54 Å². The van der Waals surface area contributed by atoms with Crippen molar-refractivity contribution in [2.24, 2.45) is 5.73 Å². The fourth-order valence-corrected chi connectivity index (χ4v) is 3.46. The summed E-state index contributed by atoms with van der Waals surface area (Å²) in [6.45, 7) is 3.89. The van der Waals surface area contributed by atoms with Crippen molar-refractivity contribution in [1.29, 1.82) is 0 Å². The molecule has 7 heteroatoms. The average Bonchev–Trinajstić information content (AvgIpc) is 2.97. The van der Waals surface area contributed by atoms with Crippen molar-refractivity contribution in [2.75, 3.05) is 0 Å². The van der Waals surface area contributed by atoms with Crippen LogP contribution in [0.15, 0.2) is 69.9 Å². The molecular weight excluding hydrogens is 314 g/mol. The molecule has 6 nitrogen and oxygen atoms in total. The number of nitrogens with one attached hydrogen (secondary N) is 2. The van der Waals surface area contributed by atoms with E-state index in [9.17, 15) is 8.42 Å². The number of nitrogens with two attached hydrogens (primary N) is 1. The summed E-state index contributed by atoms with van der Waals surface area (Å²) in [5, 5.41) is 2.98. The Morgan fingerprint density at radius 3 is 2.52 bits per heavy atom. The summed E-state index contributed by atoms with van der Waals surface area (Å²) in [6.07, 6.45) is 3.20. The van der Waals surface area contributed by atoms with Gasteiger partial charge in [-0.2, -0.15) is 0 Å². The zero-order valence-electron chi connectivity index (χ0n) is 13.1. The van der Waals surface area contributed by atoms with Crippen molar-refractivity contribution >= 4 is 10.0 Å². The van der Waals surface area contributed by atoms with Gasteiger partial charge in [0.1, 0.15) is 5.76 Å². The molecule has 4 N–H and O–H groups in total. The Balaban J connectivity index is 2.04. The number of benzene rings is 1. The molecular formula is C16H21N3O3S. The van der Waals surface area contributed by atoms with Crippen molar-refractivity contribution in [2.45, 2.75) is 30.8 Å². The van der Waals surface area contributed by atoms with Crippen LogP contribution in [0.3, 0.4) is 0 Å². The van der Waals surface area contributed by atoms with Crippen LogP contribution in [0.25, 0.3) is 0 Å². The van der Waals surface area contributed by atoms with Gasteiger partial charge in [-0.1, -0.05) is 18.2 Å². The number of hydrogen-bond donors (Lipinski definition) is 3. The van der Waals surface area contributed by atoms with Crippen molar-refractivity contribution in [3.63, 3.8) is 0 Å². The van der Waals surface area contributed by atoms with E-state index in [1.165, 1.54) is 0 Å². The number of sulfonamides is 1. The average molecular weight is 335 g/mol. The highest BCUT2D eigenvalue weighted by molar-refractivity contribution is 7.89. The molecule has 0 bridgehead atoms. The van der Waals surface area contributed by atoms with Crippen LogP contribution in [0.1, 0.15) is 19.6 Å². The van der Waals surface area contributed by atoms with Gasteiger partial charge in [0.05, 0.1) is 23.5 Å². The van der Waals surface area contributed by atoms with Crippen LogP contribution in [0, 0.1) is 0 Å². The van der Waals surface area contributed by atoms with E-state index in [4.69, 9.17) is 10.2 Å². The Labute approximate surface area is 136 Å². The third kappa shape index (κ3) is 5.15. The second kappa shape index (κ2) is 6.89. The number of rotatable bonds is 7. The molecule has 0 atom stereocenters. The van der Waals surface area contributed by atoms with Crippen LogP contribution < -0.4 is 15.8 Å². The van der Waals surface area contributed by atoms with Gasteiger partial charge in [0.25, 0.3) is 0 Å². The van der Waals surface area contributed by atoms with E-state index in [2.05, 4.69) is 10.0 Å². The molecule has 0 aliphatic rings. The molecule has 0 saturated heterocycles. The predicted octanol–water partition coefficient (Wildman–Crippen LogP) is 1.93. The first-order chi connectivity index (χ1) is 10.8. The Morgan fingerprint density at radius 2 is 1.91 bits per heavy atom. The van der Waals surface area contributed by atoms with Gasteiger partial charge in [-0.15, -0.1) is 0 Å². The van der Waals surface area contributed by atoms with E-state index in [1.807, 2.05) is 6.07 Å². The second-order valence-corrected chi connectivity index (χ2v) is 7.36. The summed E-state index contributed by atoms with van der Waals surface area (Å²) in [5.41, 5.74) is 5.06. The van der Waals surface area contributed by atoms with Crippen LogP contribution in [0.2, 0.25) is 0 Å². The minimum absolute atomic E-state index is 0.212. The maximum Gasteiger partial charge on any atom is 0.241 e. The van der Waals surface area contributed by atoms with Gasteiger partial charge >= 0.3 is 0 Å². The van der Waals surface area contributed by atoms with Crippen LogP contribution in [0.5, 0.6) is 0 Å². The molecule has 0 aliphatic carbocycles. The van der Waals surface area contributed by atoms with Gasteiger partial charge in [0.15, 0.2) is 0 Å². The van der Waals surface area contributed by atoms with E-state index in [1.54, 1.807) is 62.6 Å². The zero-order valence-corrected chi connectivity index (χ0v) is 13.9. The molecule has 0 radical (unpaired) electrons. The molecule has 124 valence electrons. The van der Waals surface area contributed by atoms with Gasteiger partial charge in [0.2, 0.25) is 10.0 Å². The summed E-state index contributed by atoms with van der Waals surface area (Å²) < 4.78 is 32.5. The molecule has 0 unspecified atom stereocenters. The first-order valence-electron chi connectivity index (χ1n) is 7.12. The van der Waals surface area contributed by atoms with Crippen molar-refractivity contribution < 1.29 is 12.8 Å². The lowest BCUT2D eigenvalue weighted by Gasteiger charge is -2.23. The maximum atomic E-state index is 12.4. The Morgan fingerprint density at radius 1 is 1.22 bits per heavy atom. The first-order valence-corrected chi connectivity index (χ1v) is 8.60. The highest BCUT2D eigenvalue weighted by Crippen LogP contribution is 2.14. The van der Waals surface area contributed by atoms with Crippen molar-refractivity contribution in [1.82, 2.24) is 10.0 Å². The van der Waals surface area contributed by atoms with Gasteiger partial charge < -0.3 is 15.5 Å². The van der Waals surface area contributed by atoms with Crippen LogP contribution in [0.4, 0.5) is 0 Å². The van der Waals surface area contributed by atoms with E-state index in [-0.39, 0.29) is 4.90 Å². The second-order valence-electron chi connectivity index (χ2n) is 5.67. The Kier molecular flexibility index (Phi) is 5.12. The lowest BCUT2D eigenvalue weighted by molar-refractivity contribution is 0.491. The number of furan rings is 1. The topological polar surface area (TPSA) is 97.4 Å². The third-order valence-corrected chi connectivity index (χ3v) is 4.70. The fourth-order valence-electron chi connectivity index (χ4n) is 2.08. The largest absolute Gasteiger partial charge is 0.467 e. The lowest BCUT2D eigenvalue weighted by atomic mass is 10.1. The molecule has 1 aromatic heterocycles. The fraction of sp³-hybridized carbons (Fsp3) is 0.250. The Hall–Kier alpha value is -2.25. The SMILES string of the molecule is CC(C)(/C=C(\N)NCc1ccco1)NS(=O)(=O)c1ccccc1. The third-order valence-electron chi connectivity index (χ3n) is 3.01. The lowest BCUT2D eigenvalue weighted by Crippen LogP contribution is -2.43. The van der Waals surface area contributed by atoms with Crippen LogP contribution in [-0.4, -0.2) is 14.0 Å². The van der Waals surface area contributed by atoms with Gasteiger partial charge in [-0.05, 0) is 44.2 Å². The van der Waals surface area contributed by atoms with E-state index < -0.39 is 15.6 Å². The molecule has 0 spiro atoms. The van der Waals surface area contributed by atoms with Gasteiger partial charge in [-0.3, -0.25) is 0 Å². The minimum atomic E-state index is -3.62. The molecule has 0 aliphatic heterocycles. The standard InChI is InChI=1S/C16H21N3O3S/c1-16(2,11-15(17)18-12-13-7-6-10-22-13)19-23(20,21)14-8-4-3-5-9-14/h3-11,18-19H,12,17H2,1-2H3/b15-11+. The molecule has 0 saturated carbocycles. The Bertz CT molecular complexity index is 751. The summed E-state index contributed by atoms with van der Waals surface area (Å²) >= 11 is 0. The maximum absolute atomic E-state index is 12.4. The first kappa shape index (κ1) is 17.1. The smallest absolute Gasteiger partial charge is 0.241 e. The van der Waals surface area contributed by atoms with Crippen LogP contribution >= 0.6 is 0 Å². The minimum Gasteiger partial charge on any atom is -0.467 e. The highest BCUT2D eigenvalue weighted by Gasteiger charge is 2.24. The van der Waals surface area contributed by atoms with E-state index >= 15 is 0 Å². The summed E-state index contributed by atoms with van der Waals surface area (Å²) in [5.74, 6) is 1.10. The molecule has 2 rings (SSSR count). The predicted molar refractivity (Wildman–Crippen MR) is 88.7 cm³/mol. The monoisotopic (exact) mass is 335 g/mol. The van der Waals surface area contributed by atoms with Crippen molar-refractivity contribution in [3.8, 4) is 0 Å². The van der Waals surface area contributed by atoms with E-state index in [0.29, 0.717) is 12.4 Å². The highest BCUT2D eigenvalue weighted by atomic mass is 32.2. The quantitative estimate of drug-likeness (QED) is 0.718. The molecule has 0 amide bonds. The summed E-state index contributed by atoms with van der Waals surface area (Å²) in [6, 6.07) is 11.8. The molecule has 2 aromatic rings. The normalized spacial score (nSPS) is 13.0. The van der Waals surface area contributed by atoms with Gasteiger partial charge in [-0.25, -0.2) is 13.1 Å². The summed E-state index contributed by atoms with van der Waals surface area (Å²) in [4.78, 5) is 0.212. The number of hydrogen-bond acceptors (Lipinski definition) is 5. The van der Waals surface area contributed by atoms with Crippen molar-refractivity contribution in [3.05, 3.63) is 66.4 Å². The van der Waals surface area contributed by atoms with Crippen LogP contribution in [-0.2, 0) is 16.6 Å². The zero-order chi connectivity index (χ0) is 16.9. The molecule has 1 heterocycles.